The lowest BCUT2D eigenvalue weighted by atomic mass is 10.1. The second kappa shape index (κ2) is 6.68. The molecule has 104 valence electrons. The van der Waals surface area contributed by atoms with E-state index in [0.29, 0.717) is 13.0 Å². The second-order valence-corrected chi connectivity index (χ2v) is 4.52. The molecule has 20 heavy (non-hydrogen) atoms. The quantitative estimate of drug-likeness (QED) is 0.756. The predicted octanol–water partition coefficient (Wildman–Crippen LogP) is 0.973. The van der Waals surface area contributed by atoms with Crippen molar-refractivity contribution in [2.24, 2.45) is 5.73 Å². The molecular formula is C15H17N3O2. The van der Waals surface area contributed by atoms with Gasteiger partial charge in [-0.15, -0.1) is 0 Å². The number of pyridine rings is 1. The molecule has 2 rings (SSSR count). The SMILES string of the molecule is N[C@H](Cc1ccc(O)cc1)C(=O)NCc1ccccn1. The number of phenolic OH excluding ortho intramolecular Hbond substituents is 1. The Morgan fingerprint density at radius 3 is 2.65 bits per heavy atom. The third-order valence-electron chi connectivity index (χ3n) is 2.90. The Morgan fingerprint density at radius 1 is 1.25 bits per heavy atom. The fraction of sp³-hybridized carbons (Fsp3) is 0.200. The van der Waals surface area contributed by atoms with Crippen LogP contribution in [0.15, 0.2) is 48.7 Å². The lowest BCUT2D eigenvalue weighted by molar-refractivity contribution is -0.122. The summed E-state index contributed by atoms with van der Waals surface area (Å²) < 4.78 is 0. The van der Waals surface area contributed by atoms with Crippen molar-refractivity contribution in [2.45, 2.75) is 19.0 Å². The molecule has 0 saturated heterocycles. The number of nitrogens with zero attached hydrogens (tertiary/aromatic N) is 1. The van der Waals surface area contributed by atoms with Crippen LogP contribution in [0.1, 0.15) is 11.3 Å². The van der Waals surface area contributed by atoms with E-state index in [1.54, 1.807) is 30.5 Å². The van der Waals surface area contributed by atoms with Gasteiger partial charge in [-0.3, -0.25) is 9.78 Å². The molecule has 0 aliphatic rings. The van der Waals surface area contributed by atoms with Crippen molar-refractivity contribution in [3.63, 3.8) is 0 Å². The Balaban J connectivity index is 1.84. The molecule has 0 spiro atoms. The molecule has 1 aromatic carbocycles. The van der Waals surface area contributed by atoms with E-state index in [-0.39, 0.29) is 11.7 Å². The second-order valence-electron chi connectivity index (χ2n) is 4.52. The minimum atomic E-state index is -0.622. The topological polar surface area (TPSA) is 88.2 Å². The first kappa shape index (κ1) is 14.0. The highest BCUT2D eigenvalue weighted by molar-refractivity contribution is 5.81. The van der Waals surface area contributed by atoms with Gasteiger partial charge in [0, 0.05) is 6.20 Å². The van der Waals surface area contributed by atoms with Gasteiger partial charge in [-0.1, -0.05) is 18.2 Å². The zero-order valence-corrected chi connectivity index (χ0v) is 11.0. The number of amides is 1. The Hall–Kier alpha value is -2.40. The molecule has 4 N–H and O–H groups in total. The summed E-state index contributed by atoms with van der Waals surface area (Å²) in [4.78, 5) is 16.0. The van der Waals surface area contributed by atoms with Gasteiger partial charge in [-0.2, -0.15) is 0 Å². The summed E-state index contributed by atoms with van der Waals surface area (Å²) in [5.41, 5.74) is 7.55. The molecule has 0 radical (unpaired) electrons. The average molecular weight is 271 g/mol. The van der Waals surface area contributed by atoms with Gasteiger partial charge in [-0.25, -0.2) is 0 Å². The maximum atomic E-state index is 11.9. The highest BCUT2D eigenvalue weighted by Gasteiger charge is 2.13. The third kappa shape index (κ3) is 4.07. The van der Waals surface area contributed by atoms with Crippen LogP contribution in [0.2, 0.25) is 0 Å². The van der Waals surface area contributed by atoms with Crippen LogP contribution in [-0.4, -0.2) is 22.0 Å². The standard InChI is InChI=1S/C15H17N3O2/c16-14(9-11-4-6-13(19)7-5-11)15(20)18-10-12-3-1-2-8-17-12/h1-8,14,19H,9-10,16H2,(H,18,20)/t14-/m1/s1. The number of nitrogens with two attached hydrogens (primary N) is 1. The van der Waals surface area contributed by atoms with E-state index in [0.717, 1.165) is 11.3 Å². The van der Waals surface area contributed by atoms with E-state index >= 15 is 0 Å². The first-order valence-electron chi connectivity index (χ1n) is 6.36. The summed E-state index contributed by atoms with van der Waals surface area (Å²) in [7, 11) is 0. The molecule has 1 amide bonds. The van der Waals surface area contributed by atoms with Crippen molar-refractivity contribution in [2.75, 3.05) is 0 Å². The fourth-order valence-corrected chi connectivity index (χ4v) is 1.79. The van der Waals surface area contributed by atoms with Crippen LogP contribution >= 0.6 is 0 Å². The Labute approximate surface area is 117 Å². The number of phenols is 1. The van der Waals surface area contributed by atoms with E-state index < -0.39 is 6.04 Å². The summed E-state index contributed by atoms with van der Waals surface area (Å²) in [5, 5.41) is 11.9. The Kier molecular flexibility index (Phi) is 4.68. The number of aromatic nitrogens is 1. The highest BCUT2D eigenvalue weighted by Crippen LogP contribution is 2.10. The van der Waals surface area contributed by atoms with Gasteiger partial charge in [0.05, 0.1) is 18.3 Å². The number of hydrogen-bond donors (Lipinski definition) is 3. The number of aromatic hydroxyl groups is 1. The van der Waals surface area contributed by atoms with Crippen LogP contribution in [0.4, 0.5) is 0 Å². The van der Waals surface area contributed by atoms with E-state index in [4.69, 9.17) is 5.73 Å². The predicted molar refractivity (Wildman–Crippen MR) is 75.9 cm³/mol. The molecular weight excluding hydrogens is 254 g/mol. The first-order chi connectivity index (χ1) is 9.65. The van der Waals surface area contributed by atoms with E-state index in [9.17, 15) is 9.90 Å². The number of rotatable bonds is 5. The molecule has 0 aliphatic carbocycles. The lowest BCUT2D eigenvalue weighted by Gasteiger charge is -2.12. The van der Waals surface area contributed by atoms with Crippen molar-refractivity contribution in [1.29, 1.82) is 0 Å². The van der Waals surface area contributed by atoms with Crippen LogP contribution in [0.5, 0.6) is 5.75 Å². The summed E-state index contributed by atoms with van der Waals surface area (Å²) in [5.74, 6) is -0.0225. The van der Waals surface area contributed by atoms with E-state index in [1.807, 2.05) is 18.2 Å². The van der Waals surface area contributed by atoms with Crippen molar-refractivity contribution in [3.8, 4) is 5.75 Å². The molecule has 0 unspecified atom stereocenters. The zero-order valence-electron chi connectivity index (χ0n) is 11.0. The number of carbonyl (C=O) groups is 1. The highest BCUT2D eigenvalue weighted by atomic mass is 16.3. The Morgan fingerprint density at radius 2 is 2.00 bits per heavy atom. The van der Waals surface area contributed by atoms with Crippen LogP contribution in [-0.2, 0) is 17.8 Å². The van der Waals surface area contributed by atoms with Gasteiger partial charge in [-0.05, 0) is 36.2 Å². The third-order valence-corrected chi connectivity index (χ3v) is 2.90. The van der Waals surface area contributed by atoms with E-state index in [2.05, 4.69) is 10.3 Å². The largest absolute Gasteiger partial charge is 0.508 e. The van der Waals surface area contributed by atoms with Crippen molar-refractivity contribution in [3.05, 3.63) is 59.9 Å². The van der Waals surface area contributed by atoms with Crippen LogP contribution in [0.3, 0.4) is 0 Å². The maximum Gasteiger partial charge on any atom is 0.237 e. The molecule has 0 bridgehead atoms. The number of benzene rings is 1. The number of nitrogens with one attached hydrogen (secondary N) is 1. The summed E-state index contributed by atoms with van der Waals surface area (Å²) in [6, 6.07) is 11.6. The van der Waals surface area contributed by atoms with Crippen molar-refractivity contribution >= 4 is 5.91 Å². The molecule has 0 aliphatic heterocycles. The van der Waals surface area contributed by atoms with Gasteiger partial charge in [0.2, 0.25) is 5.91 Å². The molecule has 1 aromatic heterocycles. The molecule has 5 heteroatoms. The normalized spacial score (nSPS) is 11.8. The summed E-state index contributed by atoms with van der Waals surface area (Å²) >= 11 is 0. The van der Waals surface area contributed by atoms with Gasteiger partial charge in [0.1, 0.15) is 5.75 Å². The minimum absolute atomic E-state index is 0.196. The monoisotopic (exact) mass is 271 g/mol. The van der Waals surface area contributed by atoms with Crippen molar-refractivity contribution in [1.82, 2.24) is 10.3 Å². The smallest absolute Gasteiger partial charge is 0.237 e. The first-order valence-corrected chi connectivity index (χ1v) is 6.36. The van der Waals surface area contributed by atoms with Gasteiger partial charge in [0.25, 0.3) is 0 Å². The number of carbonyl (C=O) groups excluding carboxylic acids is 1. The van der Waals surface area contributed by atoms with Gasteiger partial charge >= 0.3 is 0 Å². The maximum absolute atomic E-state index is 11.9. The minimum Gasteiger partial charge on any atom is -0.508 e. The van der Waals surface area contributed by atoms with Crippen LogP contribution in [0.25, 0.3) is 0 Å². The molecule has 0 fully saturated rings. The zero-order chi connectivity index (χ0) is 14.4. The van der Waals surface area contributed by atoms with Crippen molar-refractivity contribution < 1.29 is 9.90 Å². The molecule has 0 saturated carbocycles. The van der Waals surface area contributed by atoms with Crippen LogP contribution < -0.4 is 11.1 Å². The van der Waals surface area contributed by atoms with Crippen LogP contribution in [0, 0.1) is 0 Å². The van der Waals surface area contributed by atoms with Gasteiger partial charge in [0.15, 0.2) is 0 Å². The summed E-state index contributed by atoms with van der Waals surface area (Å²) in [6.45, 7) is 0.364. The van der Waals surface area contributed by atoms with Gasteiger partial charge < -0.3 is 16.2 Å². The summed E-state index contributed by atoms with van der Waals surface area (Å²) in [6.07, 6.45) is 2.10. The molecule has 1 atom stereocenters. The lowest BCUT2D eigenvalue weighted by Crippen LogP contribution is -2.41. The molecule has 1 heterocycles. The average Bonchev–Trinajstić information content (AvgIpc) is 2.48. The molecule has 2 aromatic rings. The Bertz CT molecular complexity index is 555. The fourth-order valence-electron chi connectivity index (χ4n) is 1.79. The molecule has 5 nitrogen and oxygen atoms in total. The van der Waals surface area contributed by atoms with E-state index in [1.165, 1.54) is 0 Å². The number of hydrogen-bond acceptors (Lipinski definition) is 4.